The predicted molar refractivity (Wildman–Crippen MR) is 65.2 cm³/mol. The summed E-state index contributed by atoms with van der Waals surface area (Å²) in [5.41, 5.74) is 2.39. The summed E-state index contributed by atoms with van der Waals surface area (Å²) >= 11 is 0. The topological polar surface area (TPSA) is 9.23 Å². The molecular weight excluding hydrogens is 196 g/mol. The van der Waals surface area contributed by atoms with E-state index in [0.717, 1.165) is 23.5 Å². The highest BCUT2D eigenvalue weighted by atomic mass is 16.5. The number of fused-ring (bicyclic) bond motifs is 1. The molecule has 3 rings (SSSR count). The Labute approximate surface area is 95.0 Å². The minimum Gasteiger partial charge on any atom is -0.457 e. The average Bonchev–Trinajstić information content (AvgIpc) is 2.39. The molecule has 0 amide bonds. The van der Waals surface area contributed by atoms with Crippen molar-refractivity contribution in [3.05, 3.63) is 71.8 Å². The molecule has 2 aromatic rings. The van der Waals surface area contributed by atoms with Gasteiger partial charge in [-0.05, 0) is 24.1 Å². The number of hydrogen-bond acceptors (Lipinski definition) is 1. The lowest BCUT2D eigenvalue weighted by atomic mass is 10.1. The molecule has 0 saturated heterocycles. The Balaban J connectivity index is 1.95. The van der Waals surface area contributed by atoms with Gasteiger partial charge in [0, 0.05) is 5.56 Å². The van der Waals surface area contributed by atoms with Crippen molar-refractivity contribution in [1.82, 2.24) is 0 Å². The maximum absolute atomic E-state index is 5.88. The Morgan fingerprint density at radius 1 is 0.812 bits per heavy atom. The van der Waals surface area contributed by atoms with Gasteiger partial charge in [0.15, 0.2) is 0 Å². The van der Waals surface area contributed by atoms with Crippen LogP contribution in [0.5, 0.6) is 5.75 Å². The summed E-state index contributed by atoms with van der Waals surface area (Å²) in [4.78, 5) is 0. The molecule has 2 aromatic carbocycles. The van der Waals surface area contributed by atoms with Crippen molar-refractivity contribution in [1.29, 1.82) is 0 Å². The van der Waals surface area contributed by atoms with Crippen LogP contribution >= 0.6 is 0 Å². The fourth-order valence-corrected chi connectivity index (χ4v) is 1.91. The molecule has 0 atom stereocenters. The summed E-state index contributed by atoms with van der Waals surface area (Å²) in [5.74, 6) is 1.93. The van der Waals surface area contributed by atoms with Crippen LogP contribution in [-0.4, -0.2) is 0 Å². The average molecular weight is 208 g/mol. The lowest BCUT2D eigenvalue weighted by Gasteiger charge is -2.18. The van der Waals surface area contributed by atoms with E-state index in [4.69, 9.17) is 4.74 Å². The van der Waals surface area contributed by atoms with E-state index in [1.807, 2.05) is 36.4 Å². The summed E-state index contributed by atoms with van der Waals surface area (Å²) < 4.78 is 5.88. The van der Waals surface area contributed by atoms with Gasteiger partial charge < -0.3 is 4.74 Å². The van der Waals surface area contributed by atoms with Crippen LogP contribution in [0.15, 0.2) is 60.7 Å². The van der Waals surface area contributed by atoms with Gasteiger partial charge in [0.2, 0.25) is 0 Å². The van der Waals surface area contributed by atoms with Crippen molar-refractivity contribution >= 4 is 5.76 Å². The molecule has 1 aliphatic heterocycles. The molecule has 0 radical (unpaired) electrons. The highest BCUT2D eigenvalue weighted by Gasteiger charge is 2.12. The molecule has 0 aliphatic carbocycles. The number of allylic oxidation sites excluding steroid dienone is 1. The van der Waals surface area contributed by atoms with E-state index in [9.17, 15) is 0 Å². The van der Waals surface area contributed by atoms with Crippen LogP contribution in [0.4, 0.5) is 0 Å². The van der Waals surface area contributed by atoms with E-state index in [0.29, 0.717) is 0 Å². The molecule has 16 heavy (non-hydrogen) atoms. The van der Waals surface area contributed by atoms with E-state index >= 15 is 0 Å². The van der Waals surface area contributed by atoms with Crippen molar-refractivity contribution in [2.24, 2.45) is 0 Å². The zero-order valence-corrected chi connectivity index (χ0v) is 8.89. The van der Waals surface area contributed by atoms with Crippen LogP contribution in [0.2, 0.25) is 0 Å². The second kappa shape index (κ2) is 3.86. The van der Waals surface area contributed by atoms with Crippen LogP contribution in [0.3, 0.4) is 0 Å². The molecule has 0 N–H and O–H groups in total. The third-order valence-corrected chi connectivity index (χ3v) is 2.76. The summed E-state index contributed by atoms with van der Waals surface area (Å²) in [6, 6.07) is 18.4. The zero-order valence-electron chi connectivity index (χ0n) is 8.89. The SMILES string of the molecule is C1=C(c2ccccc2)Oc2ccccc2C1. The molecule has 0 unspecified atom stereocenters. The second-order valence-corrected chi connectivity index (χ2v) is 3.85. The van der Waals surface area contributed by atoms with Gasteiger partial charge >= 0.3 is 0 Å². The molecule has 1 heteroatoms. The first-order chi connectivity index (χ1) is 7.93. The lowest BCUT2D eigenvalue weighted by Crippen LogP contribution is -2.03. The molecule has 0 aromatic heterocycles. The van der Waals surface area contributed by atoms with Gasteiger partial charge in [-0.2, -0.15) is 0 Å². The fraction of sp³-hybridized carbons (Fsp3) is 0.0667. The van der Waals surface area contributed by atoms with Gasteiger partial charge in [-0.25, -0.2) is 0 Å². The number of para-hydroxylation sites is 1. The molecule has 78 valence electrons. The van der Waals surface area contributed by atoms with Crippen molar-refractivity contribution in [3.8, 4) is 5.75 Å². The van der Waals surface area contributed by atoms with Crippen LogP contribution in [0.25, 0.3) is 5.76 Å². The molecule has 1 heterocycles. The van der Waals surface area contributed by atoms with Gasteiger partial charge in [0.25, 0.3) is 0 Å². The summed E-state index contributed by atoms with van der Waals surface area (Å²) in [6.07, 6.45) is 3.08. The number of rotatable bonds is 1. The minimum atomic E-state index is 0.945. The lowest BCUT2D eigenvalue weighted by molar-refractivity contribution is 0.498. The van der Waals surface area contributed by atoms with Crippen LogP contribution in [0.1, 0.15) is 11.1 Å². The van der Waals surface area contributed by atoms with Gasteiger partial charge in [0.1, 0.15) is 11.5 Å². The molecule has 0 saturated carbocycles. The zero-order chi connectivity index (χ0) is 10.8. The van der Waals surface area contributed by atoms with Gasteiger partial charge in [-0.3, -0.25) is 0 Å². The Bertz CT molecular complexity index is 526. The third kappa shape index (κ3) is 1.61. The highest BCUT2D eigenvalue weighted by Crippen LogP contribution is 2.29. The standard InChI is InChI=1S/C15H12O/c1-2-6-12(7-3-1)15-11-10-13-8-4-5-9-14(13)16-15/h1-9,11H,10H2. The Morgan fingerprint density at radius 2 is 1.56 bits per heavy atom. The Morgan fingerprint density at radius 3 is 2.44 bits per heavy atom. The maximum Gasteiger partial charge on any atom is 0.131 e. The van der Waals surface area contributed by atoms with Crippen LogP contribution < -0.4 is 4.74 Å². The van der Waals surface area contributed by atoms with Crippen LogP contribution in [0, 0.1) is 0 Å². The summed E-state index contributed by atoms with van der Waals surface area (Å²) in [7, 11) is 0. The first-order valence-corrected chi connectivity index (χ1v) is 5.45. The number of ether oxygens (including phenoxy) is 1. The number of benzene rings is 2. The molecule has 0 fully saturated rings. The first kappa shape index (κ1) is 9.22. The summed E-state index contributed by atoms with van der Waals surface area (Å²) in [5, 5.41) is 0. The number of hydrogen-bond donors (Lipinski definition) is 0. The highest BCUT2D eigenvalue weighted by molar-refractivity contribution is 5.65. The van der Waals surface area contributed by atoms with E-state index in [1.165, 1.54) is 5.56 Å². The van der Waals surface area contributed by atoms with E-state index < -0.39 is 0 Å². The van der Waals surface area contributed by atoms with Crippen LogP contribution in [-0.2, 0) is 6.42 Å². The van der Waals surface area contributed by atoms with Crippen molar-refractivity contribution < 1.29 is 4.74 Å². The molecular formula is C15H12O. The summed E-state index contributed by atoms with van der Waals surface area (Å²) in [6.45, 7) is 0. The molecule has 0 spiro atoms. The Kier molecular flexibility index (Phi) is 2.22. The monoisotopic (exact) mass is 208 g/mol. The molecule has 1 nitrogen and oxygen atoms in total. The second-order valence-electron chi connectivity index (χ2n) is 3.85. The maximum atomic E-state index is 5.88. The van der Waals surface area contributed by atoms with E-state index in [1.54, 1.807) is 0 Å². The molecule has 0 bridgehead atoms. The van der Waals surface area contributed by atoms with E-state index in [2.05, 4.69) is 24.3 Å². The fourth-order valence-electron chi connectivity index (χ4n) is 1.91. The van der Waals surface area contributed by atoms with Crippen molar-refractivity contribution in [3.63, 3.8) is 0 Å². The van der Waals surface area contributed by atoms with E-state index in [-0.39, 0.29) is 0 Å². The van der Waals surface area contributed by atoms with Gasteiger partial charge in [0.05, 0.1) is 0 Å². The predicted octanol–water partition coefficient (Wildman–Crippen LogP) is 3.66. The third-order valence-electron chi connectivity index (χ3n) is 2.76. The van der Waals surface area contributed by atoms with Gasteiger partial charge in [-0.15, -0.1) is 0 Å². The van der Waals surface area contributed by atoms with Crippen molar-refractivity contribution in [2.45, 2.75) is 6.42 Å². The quantitative estimate of drug-likeness (QED) is 0.695. The van der Waals surface area contributed by atoms with Gasteiger partial charge in [-0.1, -0.05) is 48.5 Å². The Hall–Kier alpha value is -2.02. The minimum absolute atomic E-state index is 0.945. The smallest absolute Gasteiger partial charge is 0.131 e. The molecule has 1 aliphatic rings. The largest absolute Gasteiger partial charge is 0.457 e. The first-order valence-electron chi connectivity index (χ1n) is 5.45. The normalized spacial score (nSPS) is 13.6. The van der Waals surface area contributed by atoms with Crippen molar-refractivity contribution in [2.75, 3.05) is 0 Å².